The van der Waals surface area contributed by atoms with Crippen LogP contribution in [0.3, 0.4) is 0 Å². The van der Waals surface area contributed by atoms with Gasteiger partial charge in [0.25, 0.3) is 0 Å². The number of rotatable bonds is 3. The molecule has 0 amide bonds. The summed E-state index contributed by atoms with van der Waals surface area (Å²) >= 11 is 0. The van der Waals surface area contributed by atoms with Crippen LogP contribution in [0.25, 0.3) is 22.3 Å². The normalized spacial score (nSPS) is 13.5. The number of hydrogen-bond acceptors (Lipinski definition) is 5. The first kappa shape index (κ1) is 18.5. The highest BCUT2D eigenvalue weighted by molar-refractivity contribution is 5.87. The molecule has 0 atom stereocenters. The van der Waals surface area contributed by atoms with Crippen LogP contribution in [0, 0.1) is 22.7 Å². The molecule has 4 rings (SSSR count). The Bertz CT molecular complexity index is 1120. The molecule has 5 heteroatoms. The molecule has 1 saturated heterocycles. The van der Waals surface area contributed by atoms with Crippen molar-refractivity contribution in [2.24, 2.45) is 0 Å². The van der Waals surface area contributed by atoms with Gasteiger partial charge in [-0.1, -0.05) is 48.5 Å². The smallest absolute Gasteiger partial charge is 0.149 e. The molecule has 5 nitrogen and oxygen atoms in total. The lowest BCUT2D eigenvalue weighted by molar-refractivity contribution is 0.573. The number of nitrogen functional groups attached to an aromatic ring is 1. The minimum Gasteiger partial charge on any atom is -0.383 e. The molecular formula is C24H21N5. The summed E-state index contributed by atoms with van der Waals surface area (Å²) in [5, 5.41) is 19.8. The number of anilines is 2. The van der Waals surface area contributed by atoms with E-state index in [1.165, 1.54) is 6.42 Å². The molecule has 1 fully saturated rings. The summed E-state index contributed by atoms with van der Waals surface area (Å²) in [6, 6.07) is 22.4. The molecule has 1 aliphatic rings. The van der Waals surface area contributed by atoms with Crippen molar-refractivity contribution in [2.75, 3.05) is 23.7 Å². The Hall–Kier alpha value is -3.83. The Morgan fingerprint density at radius 2 is 1.45 bits per heavy atom. The third-order valence-corrected chi connectivity index (χ3v) is 5.34. The molecule has 2 N–H and O–H groups in total. The number of aromatic nitrogens is 1. The van der Waals surface area contributed by atoms with Crippen LogP contribution in [0.4, 0.5) is 11.6 Å². The zero-order chi connectivity index (χ0) is 20.2. The van der Waals surface area contributed by atoms with Crippen molar-refractivity contribution >= 4 is 11.6 Å². The third-order valence-electron chi connectivity index (χ3n) is 5.34. The predicted molar refractivity (Wildman–Crippen MR) is 115 cm³/mol. The van der Waals surface area contributed by atoms with Gasteiger partial charge in [-0.15, -0.1) is 0 Å². The number of nitrogens with two attached hydrogens (primary N) is 1. The van der Waals surface area contributed by atoms with E-state index in [-0.39, 0.29) is 11.4 Å². The monoisotopic (exact) mass is 379 g/mol. The minimum absolute atomic E-state index is 0.173. The summed E-state index contributed by atoms with van der Waals surface area (Å²) in [5.41, 5.74) is 10.3. The number of pyridine rings is 1. The van der Waals surface area contributed by atoms with Gasteiger partial charge in [-0.25, -0.2) is 4.98 Å². The second-order valence-electron chi connectivity index (χ2n) is 7.16. The van der Waals surface area contributed by atoms with Crippen LogP contribution < -0.4 is 10.6 Å². The van der Waals surface area contributed by atoms with Crippen LogP contribution >= 0.6 is 0 Å². The fourth-order valence-corrected chi connectivity index (χ4v) is 3.92. The number of hydrogen-bond donors (Lipinski definition) is 1. The molecule has 2 aromatic carbocycles. The number of nitriles is 2. The lowest BCUT2D eigenvalue weighted by Crippen LogP contribution is -2.31. The van der Waals surface area contributed by atoms with Crippen LogP contribution in [-0.2, 0) is 0 Å². The van der Waals surface area contributed by atoms with E-state index in [9.17, 15) is 10.5 Å². The van der Waals surface area contributed by atoms with Gasteiger partial charge in [0, 0.05) is 18.7 Å². The Morgan fingerprint density at radius 3 is 2.14 bits per heavy atom. The fourth-order valence-electron chi connectivity index (χ4n) is 3.92. The standard InChI is InChI=1S/C24H21N5/c25-15-20-22(19-11-7-10-18(14-19)17-8-3-1-4-9-17)21(16-26)24(28-23(20)27)29-12-5-2-6-13-29/h1,3-4,7-11,14H,2,5-6,12-13H2,(H2,27,28). The van der Waals surface area contributed by atoms with Crippen molar-refractivity contribution in [1.29, 1.82) is 10.5 Å². The maximum absolute atomic E-state index is 10.0. The fraction of sp³-hybridized carbons (Fsp3) is 0.208. The molecule has 142 valence electrons. The van der Waals surface area contributed by atoms with Gasteiger partial charge in [0.15, 0.2) is 0 Å². The summed E-state index contributed by atoms with van der Waals surface area (Å²) in [6.07, 6.45) is 3.30. The molecular weight excluding hydrogens is 358 g/mol. The zero-order valence-electron chi connectivity index (χ0n) is 16.1. The molecule has 3 aromatic rings. The first-order chi connectivity index (χ1) is 14.2. The second kappa shape index (κ2) is 8.04. The Balaban J connectivity index is 1.92. The second-order valence-corrected chi connectivity index (χ2v) is 7.16. The zero-order valence-corrected chi connectivity index (χ0v) is 16.1. The lowest BCUT2D eigenvalue weighted by Gasteiger charge is -2.29. The summed E-state index contributed by atoms with van der Waals surface area (Å²) in [7, 11) is 0. The van der Waals surface area contributed by atoms with Crippen molar-refractivity contribution in [3.8, 4) is 34.4 Å². The molecule has 2 heterocycles. The Kier molecular flexibility index (Phi) is 5.14. The SMILES string of the molecule is N#Cc1c(N)nc(N2CCCCC2)c(C#N)c1-c1cccc(-c2ccccc2)c1. The maximum Gasteiger partial charge on any atom is 0.149 e. The van der Waals surface area contributed by atoms with Crippen molar-refractivity contribution in [1.82, 2.24) is 4.98 Å². The Labute approximate surface area is 170 Å². The average Bonchev–Trinajstić information content (AvgIpc) is 2.79. The number of nitrogens with zero attached hydrogens (tertiary/aromatic N) is 4. The van der Waals surface area contributed by atoms with Gasteiger partial charge in [-0.05, 0) is 42.0 Å². The van der Waals surface area contributed by atoms with E-state index in [2.05, 4.69) is 22.0 Å². The van der Waals surface area contributed by atoms with Crippen LogP contribution in [-0.4, -0.2) is 18.1 Å². The summed E-state index contributed by atoms with van der Waals surface area (Å²) in [6.45, 7) is 1.69. The van der Waals surface area contributed by atoms with E-state index in [1.807, 2.05) is 54.6 Å². The summed E-state index contributed by atoms with van der Waals surface area (Å²) in [4.78, 5) is 6.58. The first-order valence-corrected chi connectivity index (χ1v) is 9.77. The van der Waals surface area contributed by atoms with Crippen LogP contribution in [0.1, 0.15) is 30.4 Å². The average molecular weight is 379 g/mol. The molecule has 0 bridgehead atoms. The van der Waals surface area contributed by atoms with Gasteiger partial charge in [0.05, 0.1) is 0 Å². The van der Waals surface area contributed by atoms with Crippen molar-refractivity contribution in [3.63, 3.8) is 0 Å². The summed E-state index contributed by atoms with van der Waals surface area (Å²) in [5.74, 6) is 0.760. The quantitative estimate of drug-likeness (QED) is 0.710. The highest BCUT2D eigenvalue weighted by atomic mass is 15.2. The van der Waals surface area contributed by atoms with Gasteiger partial charge in [-0.2, -0.15) is 10.5 Å². The predicted octanol–water partition coefficient (Wildman–Crippen LogP) is 4.73. The van der Waals surface area contributed by atoms with E-state index >= 15 is 0 Å². The van der Waals surface area contributed by atoms with Gasteiger partial charge in [0.2, 0.25) is 0 Å². The minimum atomic E-state index is 0.173. The van der Waals surface area contributed by atoms with Gasteiger partial charge in [0.1, 0.15) is 34.9 Å². The van der Waals surface area contributed by atoms with Gasteiger partial charge in [-0.3, -0.25) is 0 Å². The Morgan fingerprint density at radius 1 is 0.793 bits per heavy atom. The van der Waals surface area contributed by atoms with Crippen LogP contribution in [0.2, 0.25) is 0 Å². The highest BCUT2D eigenvalue weighted by Gasteiger charge is 2.24. The van der Waals surface area contributed by atoms with E-state index in [4.69, 9.17) is 5.73 Å². The molecule has 0 aliphatic carbocycles. The number of piperidine rings is 1. The molecule has 0 spiro atoms. The first-order valence-electron chi connectivity index (χ1n) is 9.77. The molecule has 0 radical (unpaired) electrons. The van der Waals surface area contributed by atoms with E-state index < -0.39 is 0 Å². The van der Waals surface area contributed by atoms with Crippen molar-refractivity contribution < 1.29 is 0 Å². The van der Waals surface area contributed by atoms with Gasteiger partial charge < -0.3 is 10.6 Å². The molecule has 1 aromatic heterocycles. The van der Waals surface area contributed by atoms with E-state index in [1.54, 1.807) is 0 Å². The maximum atomic E-state index is 10.0. The number of benzene rings is 2. The van der Waals surface area contributed by atoms with Gasteiger partial charge >= 0.3 is 0 Å². The molecule has 29 heavy (non-hydrogen) atoms. The molecule has 0 unspecified atom stereocenters. The van der Waals surface area contributed by atoms with E-state index in [0.717, 1.165) is 42.6 Å². The largest absolute Gasteiger partial charge is 0.383 e. The summed E-state index contributed by atoms with van der Waals surface area (Å²) < 4.78 is 0. The van der Waals surface area contributed by atoms with Crippen LogP contribution in [0.15, 0.2) is 54.6 Å². The van der Waals surface area contributed by atoms with Crippen molar-refractivity contribution in [3.05, 3.63) is 65.7 Å². The topological polar surface area (TPSA) is 89.7 Å². The highest BCUT2D eigenvalue weighted by Crippen LogP contribution is 2.37. The molecule has 1 aliphatic heterocycles. The lowest BCUT2D eigenvalue weighted by atomic mass is 9.93. The van der Waals surface area contributed by atoms with Crippen molar-refractivity contribution in [2.45, 2.75) is 19.3 Å². The molecule has 0 saturated carbocycles. The third kappa shape index (κ3) is 3.51. The van der Waals surface area contributed by atoms with E-state index in [0.29, 0.717) is 16.9 Å². The van der Waals surface area contributed by atoms with Crippen LogP contribution in [0.5, 0.6) is 0 Å².